The monoisotopic (exact) mass is 285 g/mol. The van der Waals surface area contributed by atoms with Crippen LogP contribution in [0.1, 0.15) is 11.1 Å². The average molecular weight is 285 g/mol. The van der Waals surface area contributed by atoms with E-state index in [9.17, 15) is 4.79 Å². The Hall–Kier alpha value is -2.49. The molecule has 0 aromatic heterocycles. The van der Waals surface area contributed by atoms with Crippen molar-refractivity contribution in [1.82, 2.24) is 0 Å². The van der Waals surface area contributed by atoms with Crippen LogP contribution in [0, 0.1) is 6.92 Å². The molecule has 0 amide bonds. The van der Waals surface area contributed by atoms with Crippen LogP contribution >= 0.6 is 0 Å². The topological polar surface area (TPSA) is 49.8 Å². The maximum atomic E-state index is 11.1. The first-order valence-corrected chi connectivity index (χ1v) is 6.75. The molecule has 2 rings (SSSR count). The van der Waals surface area contributed by atoms with E-state index in [1.165, 1.54) is 0 Å². The van der Waals surface area contributed by atoms with Gasteiger partial charge in [0, 0.05) is 12.2 Å². The van der Waals surface area contributed by atoms with E-state index < -0.39 is 5.97 Å². The van der Waals surface area contributed by atoms with E-state index in [2.05, 4.69) is 0 Å². The number of carboxylic acid groups (broad SMARTS) is 1. The predicted molar refractivity (Wildman–Crippen MR) is 82.9 cm³/mol. The van der Waals surface area contributed by atoms with Gasteiger partial charge in [-0.2, -0.15) is 0 Å². The fraction of sp³-hybridized carbons (Fsp3) is 0.235. The Balaban J connectivity index is 2.23. The molecule has 0 unspecified atom stereocenters. The number of nitrogens with zero attached hydrogens (tertiary/aromatic N) is 1. The molecule has 110 valence electrons. The van der Waals surface area contributed by atoms with Crippen molar-refractivity contribution in [3.63, 3.8) is 0 Å². The van der Waals surface area contributed by atoms with Crippen LogP contribution in [0.2, 0.25) is 0 Å². The van der Waals surface area contributed by atoms with Gasteiger partial charge in [0.05, 0.1) is 7.11 Å². The fourth-order valence-electron chi connectivity index (χ4n) is 2.15. The Labute approximate surface area is 124 Å². The van der Waals surface area contributed by atoms with Gasteiger partial charge in [-0.3, -0.25) is 4.79 Å². The van der Waals surface area contributed by atoms with Crippen molar-refractivity contribution in [3.8, 4) is 5.75 Å². The lowest BCUT2D eigenvalue weighted by Crippen LogP contribution is -2.29. The highest BCUT2D eigenvalue weighted by Crippen LogP contribution is 2.20. The second kappa shape index (κ2) is 6.79. The number of hydrogen-bond acceptors (Lipinski definition) is 3. The van der Waals surface area contributed by atoms with Crippen LogP contribution in [0.5, 0.6) is 5.75 Å². The molecular weight excluding hydrogens is 266 g/mol. The Bertz CT molecular complexity index is 608. The predicted octanol–water partition coefficient (Wildman–Crippen LogP) is 3.09. The minimum absolute atomic E-state index is 0.0414. The summed E-state index contributed by atoms with van der Waals surface area (Å²) in [7, 11) is 1.62. The van der Waals surface area contributed by atoms with Crippen LogP contribution in [-0.4, -0.2) is 24.7 Å². The summed E-state index contributed by atoms with van der Waals surface area (Å²) in [5, 5.41) is 9.11. The number of carbonyl (C=O) groups is 1. The molecule has 0 spiro atoms. The van der Waals surface area contributed by atoms with Crippen LogP contribution in [0.15, 0.2) is 48.5 Å². The first-order valence-electron chi connectivity index (χ1n) is 6.75. The summed E-state index contributed by atoms with van der Waals surface area (Å²) in [5.74, 6) is -0.0786. The second-order valence-electron chi connectivity index (χ2n) is 4.94. The molecule has 0 heterocycles. The highest BCUT2D eigenvalue weighted by molar-refractivity contribution is 5.73. The number of methoxy groups -OCH3 is 1. The zero-order valence-corrected chi connectivity index (χ0v) is 12.2. The van der Waals surface area contributed by atoms with Crippen LogP contribution in [0.4, 0.5) is 5.69 Å². The van der Waals surface area contributed by atoms with Gasteiger partial charge >= 0.3 is 5.97 Å². The number of anilines is 1. The molecule has 2 aromatic rings. The minimum Gasteiger partial charge on any atom is -0.497 e. The van der Waals surface area contributed by atoms with Crippen LogP contribution in [0.25, 0.3) is 0 Å². The maximum absolute atomic E-state index is 11.1. The van der Waals surface area contributed by atoms with Gasteiger partial charge in [-0.15, -0.1) is 0 Å². The maximum Gasteiger partial charge on any atom is 0.323 e. The minimum atomic E-state index is -0.849. The molecule has 4 heteroatoms. The molecule has 2 aromatic carbocycles. The molecule has 0 aliphatic rings. The third-order valence-corrected chi connectivity index (χ3v) is 3.23. The molecule has 0 saturated heterocycles. The van der Waals surface area contributed by atoms with Gasteiger partial charge in [-0.05, 0) is 36.8 Å². The number of hydrogen-bond donors (Lipinski definition) is 1. The first kappa shape index (κ1) is 14.9. The zero-order valence-electron chi connectivity index (χ0n) is 12.2. The lowest BCUT2D eigenvalue weighted by Gasteiger charge is -2.23. The van der Waals surface area contributed by atoms with Crippen molar-refractivity contribution in [2.75, 3.05) is 18.6 Å². The summed E-state index contributed by atoms with van der Waals surface area (Å²) in [6.45, 7) is 2.49. The molecular formula is C17H19NO3. The van der Waals surface area contributed by atoms with Gasteiger partial charge < -0.3 is 14.7 Å². The van der Waals surface area contributed by atoms with Gasteiger partial charge in [0.2, 0.25) is 0 Å². The summed E-state index contributed by atoms with van der Waals surface area (Å²) in [6, 6.07) is 15.5. The lowest BCUT2D eigenvalue weighted by molar-refractivity contribution is -0.135. The highest BCUT2D eigenvalue weighted by atomic mass is 16.5. The van der Waals surface area contributed by atoms with Crippen molar-refractivity contribution in [1.29, 1.82) is 0 Å². The molecule has 21 heavy (non-hydrogen) atoms. The van der Waals surface area contributed by atoms with Crippen LogP contribution in [-0.2, 0) is 11.3 Å². The second-order valence-corrected chi connectivity index (χ2v) is 4.94. The summed E-state index contributed by atoms with van der Waals surface area (Å²) >= 11 is 0. The number of ether oxygens (including phenoxy) is 1. The molecule has 0 atom stereocenters. The van der Waals surface area contributed by atoms with E-state index in [4.69, 9.17) is 9.84 Å². The van der Waals surface area contributed by atoms with Crippen LogP contribution < -0.4 is 9.64 Å². The molecule has 0 bridgehead atoms. The molecule has 0 saturated carbocycles. The molecule has 0 fully saturated rings. The SMILES string of the molecule is COc1cccc(CN(CC(=O)O)c2ccc(C)cc2)c1. The third-order valence-electron chi connectivity index (χ3n) is 3.23. The third kappa shape index (κ3) is 4.24. The number of aliphatic carboxylic acids is 1. The molecule has 0 aliphatic heterocycles. The summed E-state index contributed by atoms with van der Waals surface area (Å²) in [5.41, 5.74) is 3.05. The normalized spacial score (nSPS) is 10.2. The van der Waals surface area contributed by atoms with Crippen LogP contribution in [0.3, 0.4) is 0 Å². The Kier molecular flexibility index (Phi) is 4.82. The molecule has 4 nitrogen and oxygen atoms in total. The number of benzene rings is 2. The van der Waals surface area contributed by atoms with E-state index >= 15 is 0 Å². The summed E-state index contributed by atoms with van der Waals surface area (Å²) in [6.07, 6.45) is 0. The van der Waals surface area contributed by atoms with Crippen molar-refractivity contribution >= 4 is 11.7 Å². The fourth-order valence-corrected chi connectivity index (χ4v) is 2.15. The van der Waals surface area contributed by atoms with E-state index in [1.54, 1.807) is 7.11 Å². The van der Waals surface area contributed by atoms with E-state index in [1.807, 2.05) is 60.4 Å². The zero-order chi connectivity index (χ0) is 15.2. The van der Waals surface area contributed by atoms with Gasteiger partial charge in [-0.1, -0.05) is 29.8 Å². The molecule has 0 aliphatic carbocycles. The van der Waals surface area contributed by atoms with E-state index in [-0.39, 0.29) is 6.54 Å². The molecule has 0 radical (unpaired) electrons. The van der Waals surface area contributed by atoms with Gasteiger partial charge in [0.15, 0.2) is 0 Å². The number of aryl methyl sites for hydroxylation is 1. The standard InChI is InChI=1S/C17H19NO3/c1-13-6-8-15(9-7-13)18(12-17(19)20)11-14-4-3-5-16(10-14)21-2/h3-10H,11-12H2,1-2H3,(H,19,20). The van der Waals surface area contributed by atoms with Crippen molar-refractivity contribution in [2.45, 2.75) is 13.5 Å². The number of carboxylic acids is 1. The average Bonchev–Trinajstić information content (AvgIpc) is 2.47. The van der Waals surface area contributed by atoms with Gasteiger partial charge in [0.1, 0.15) is 12.3 Å². The Morgan fingerprint density at radius 3 is 2.52 bits per heavy atom. The van der Waals surface area contributed by atoms with Crippen molar-refractivity contribution in [2.24, 2.45) is 0 Å². The highest BCUT2D eigenvalue weighted by Gasteiger charge is 2.11. The first-order chi connectivity index (χ1) is 10.1. The van der Waals surface area contributed by atoms with Gasteiger partial charge in [0.25, 0.3) is 0 Å². The van der Waals surface area contributed by atoms with Gasteiger partial charge in [-0.25, -0.2) is 0 Å². The van der Waals surface area contributed by atoms with E-state index in [0.29, 0.717) is 6.54 Å². The largest absolute Gasteiger partial charge is 0.497 e. The summed E-state index contributed by atoms with van der Waals surface area (Å²) < 4.78 is 5.20. The lowest BCUT2D eigenvalue weighted by atomic mass is 10.1. The van der Waals surface area contributed by atoms with Crippen molar-refractivity contribution in [3.05, 3.63) is 59.7 Å². The Morgan fingerprint density at radius 2 is 1.90 bits per heavy atom. The smallest absolute Gasteiger partial charge is 0.323 e. The van der Waals surface area contributed by atoms with Crippen molar-refractivity contribution < 1.29 is 14.6 Å². The Morgan fingerprint density at radius 1 is 1.19 bits per heavy atom. The van der Waals surface area contributed by atoms with E-state index in [0.717, 1.165) is 22.6 Å². The summed E-state index contributed by atoms with van der Waals surface area (Å²) in [4.78, 5) is 12.9. The molecule has 1 N–H and O–H groups in total. The quantitative estimate of drug-likeness (QED) is 0.886. The number of rotatable bonds is 6.